The molecule has 1 aromatic heterocycles. The smallest absolute Gasteiger partial charge is 0.272 e. The summed E-state index contributed by atoms with van der Waals surface area (Å²) >= 11 is 2.14. The first-order chi connectivity index (χ1) is 9.88. The minimum absolute atomic E-state index is 0.00452. The Morgan fingerprint density at radius 3 is 2.57 bits per heavy atom. The quantitative estimate of drug-likeness (QED) is 0.488. The van der Waals surface area contributed by atoms with Gasteiger partial charge in [0.2, 0.25) is 0 Å². The average Bonchev–Trinajstić information content (AvgIpc) is 2.41. The maximum Gasteiger partial charge on any atom is 0.272 e. The van der Waals surface area contributed by atoms with Gasteiger partial charge < -0.3 is 5.32 Å². The van der Waals surface area contributed by atoms with Crippen LogP contribution >= 0.6 is 22.6 Å². The van der Waals surface area contributed by atoms with Crippen LogP contribution in [0.25, 0.3) is 0 Å². The Bertz CT molecular complexity index is 731. The first kappa shape index (κ1) is 15.4. The number of hydrogen-bond acceptors (Lipinski definition) is 4. The number of benzene rings is 1. The average molecular weight is 397 g/mol. The van der Waals surface area contributed by atoms with Crippen molar-refractivity contribution in [1.29, 1.82) is 0 Å². The van der Waals surface area contributed by atoms with Crippen LogP contribution in [0, 0.1) is 27.5 Å². The van der Waals surface area contributed by atoms with Gasteiger partial charge in [0.05, 0.1) is 4.92 Å². The molecular weight excluding hydrogens is 385 g/mol. The zero-order valence-electron chi connectivity index (χ0n) is 11.4. The maximum atomic E-state index is 12.2. The molecule has 0 aliphatic heterocycles. The number of anilines is 1. The maximum absolute atomic E-state index is 12.2. The fourth-order valence-electron chi connectivity index (χ4n) is 1.85. The number of aromatic nitrogens is 1. The van der Waals surface area contributed by atoms with Crippen molar-refractivity contribution in [3.63, 3.8) is 0 Å². The first-order valence-corrected chi connectivity index (χ1v) is 7.15. The van der Waals surface area contributed by atoms with Crippen molar-refractivity contribution < 1.29 is 9.72 Å². The number of carbonyl (C=O) groups is 1. The lowest BCUT2D eigenvalue weighted by Crippen LogP contribution is -2.14. The van der Waals surface area contributed by atoms with Crippen molar-refractivity contribution in [2.24, 2.45) is 0 Å². The number of nitro groups is 1. The van der Waals surface area contributed by atoms with Crippen LogP contribution in [0.15, 0.2) is 30.5 Å². The SMILES string of the molecule is Cc1cc(C(=O)Nc2ncc(I)cc2C)ccc1[N+](=O)[O-]. The third-order valence-corrected chi connectivity index (χ3v) is 3.52. The summed E-state index contributed by atoms with van der Waals surface area (Å²) in [6.45, 7) is 3.45. The Balaban J connectivity index is 2.24. The van der Waals surface area contributed by atoms with Gasteiger partial charge in [0.1, 0.15) is 5.82 Å². The van der Waals surface area contributed by atoms with E-state index in [-0.39, 0.29) is 11.6 Å². The number of halogens is 1. The molecule has 0 fully saturated rings. The molecule has 0 aliphatic rings. The summed E-state index contributed by atoms with van der Waals surface area (Å²) in [6.07, 6.45) is 1.66. The van der Waals surface area contributed by atoms with E-state index in [0.717, 1.165) is 9.13 Å². The standard InChI is InChI=1S/C14H12IN3O3/c1-8-5-10(3-4-12(8)18(20)21)14(19)17-13-9(2)6-11(15)7-16-13/h3-7H,1-2H3,(H,16,17,19). The van der Waals surface area contributed by atoms with Crippen molar-refractivity contribution in [1.82, 2.24) is 4.98 Å². The summed E-state index contributed by atoms with van der Waals surface area (Å²) in [6, 6.07) is 6.17. The molecule has 0 aliphatic carbocycles. The highest BCUT2D eigenvalue weighted by molar-refractivity contribution is 14.1. The topological polar surface area (TPSA) is 85.1 Å². The molecule has 0 bridgehead atoms. The number of nitro benzene ring substituents is 1. The van der Waals surface area contributed by atoms with Crippen molar-refractivity contribution in [2.75, 3.05) is 5.32 Å². The molecule has 21 heavy (non-hydrogen) atoms. The number of hydrogen-bond donors (Lipinski definition) is 1. The summed E-state index contributed by atoms with van der Waals surface area (Å²) in [5, 5.41) is 13.5. The fourth-order valence-corrected chi connectivity index (χ4v) is 2.46. The van der Waals surface area contributed by atoms with Gasteiger partial charge in [-0.3, -0.25) is 14.9 Å². The second kappa shape index (κ2) is 6.17. The number of carbonyl (C=O) groups excluding carboxylic acids is 1. The van der Waals surface area contributed by atoms with Crippen LogP contribution in [-0.2, 0) is 0 Å². The Kier molecular flexibility index (Phi) is 4.51. The van der Waals surface area contributed by atoms with E-state index in [1.54, 1.807) is 13.1 Å². The molecule has 0 unspecified atom stereocenters. The highest BCUT2D eigenvalue weighted by Gasteiger charge is 2.14. The van der Waals surface area contributed by atoms with Gasteiger partial charge in [-0.15, -0.1) is 0 Å². The number of nitrogens with zero attached hydrogens (tertiary/aromatic N) is 2. The van der Waals surface area contributed by atoms with E-state index in [9.17, 15) is 14.9 Å². The fraction of sp³-hybridized carbons (Fsp3) is 0.143. The summed E-state index contributed by atoms with van der Waals surface area (Å²) in [5.41, 5.74) is 1.65. The number of amides is 1. The van der Waals surface area contributed by atoms with Crippen LogP contribution in [0.1, 0.15) is 21.5 Å². The molecule has 0 radical (unpaired) electrons. The zero-order valence-corrected chi connectivity index (χ0v) is 13.5. The molecule has 0 spiro atoms. The van der Waals surface area contributed by atoms with Crippen molar-refractivity contribution in [3.8, 4) is 0 Å². The van der Waals surface area contributed by atoms with Gasteiger partial charge in [-0.1, -0.05) is 0 Å². The molecule has 6 nitrogen and oxygen atoms in total. The van der Waals surface area contributed by atoms with E-state index in [0.29, 0.717) is 16.9 Å². The first-order valence-electron chi connectivity index (χ1n) is 6.07. The largest absolute Gasteiger partial charge is 0.306 e. The molecule has 2 rings (SSSR count). The molecule has 0 saturated heterocycles. The Morgan fingerprint density at radius 2 is 2.00 bits per heavy atom. The van der Waals surface area contributed by atoms with Gasteiger partial charge in [-0.25, -0.2) is 4.98 Å². The Morgan fingerprint density at radius 1 is 1.29 bits per heavy atom. The van der Waals surface area contributed by atoms with Crippen molar-refractivity contribution in [3.05, 3.63) is 60.8 Å². The van der Waals surface area contributed by atoms with Crippen LogP contribution in [0.2, 0.25) is 0 Å². The van der Waals surface area contributed by atoms with Crippen LogP contribution in [0.5, 0.6) is 0 Å². The van der Waals surface area contributed by atoms with Crippen LogP contribution in [-0.4, -0.2) is 15.8 Å². The third kappa shape index (κ3) is 3.54. The summed E-state index contributed by atoms with van der Waals surface area (Å²) in [7, 11) is 0. The number of nitrogens with one attached hydrogen (secondary N) is 1. The molecule has 0 saturated carbocycles. The molecule has 1 amide bonds. The van der Waals surface area contributed by atoms with Crippen molar-refractivity contribution >= 4 is 40.0 Å². The predicted octanol–water partition coefficient (Wildman–Crippen LogP) is 3.46. The van der Waals surface area contributed by atoms with Crippen LogP contribution in [0.4, 0.5) is 11.5 Å². The molecule has 108 valence electrons. The van der Waals surface area contributed by atoms with Gasteiger partial charge in [-0.2, -0.15) is 0 Å². The van der Waals surface area contributed by atoms with Crippen LogP contribution in [0.3, 0.4) is 0 Å². The van der Waals surface area contributed by atoms with Crippen LogP contribution < -0.4 is 5.32 Å². The zero-order chi connectivity index (χ0) is 15.6. The highest BCUT2D eigenvalue weighted by atomic mass is 127. The van der Waals surface area contributed by atoms with E-state index in [2.05, 4.69) is 32.9 Å². The number of pyridine rings is 1. The minimum atomic E-state index is -0.470. The van der Waals surface area contributed by atoms with E-state index >= 15 is 0 Å². The number of rotatable bonds is 3. The van der Waals surface area contributed by atoms with Gasteiger partial charge in [-0.05, 0) is 60.2 Å². The highest BCUT2D eigenvalue weighted by Crippen LogP contribution is 2.20. The van der Waals surface area contributed by atoms with E-state index < -0.39 is 4.92 Å². The van der Waals surface area contributed by atoms with E-state index in [4.69, 9.17) is 0 Å². The summed E-state index contributed by atoms with van der Waals surface area (Å²) in [4.78, 5) is 26.6. The summed E-state index contributed by atoms with van der Waals surface area (Å²) in [5.74, 6) is 0.140. The lowest BCUT2D eigenvalue weighted by atomic mass is 10.1. The van der Waals surface area contributed by atoms with Gasteiger partial charge in [0.25, 0.3) is 11.6 Å². The second-order valence-corrected chi connectivity index (χ2v) is 5.78. The lowest BCUT2D eigenvalue weighted by Gasteiger charge is -2.08. The molecule has 1 aromatic carbocycles. The second-order valence-electron chi connectivity index (χ2n) is 4.53. The van der Waals surface area contributed by atoms with E-state index in [1.807, 2.05) is 13.0 Å². The van der Waals surface area contributed by atoms with Gasteiger partial charge in [0, 0.05) is 27.0 Å². The Hall–Kier alpha value is -2.03. The lowest BCUT2D eigenvalue weighted by molar-refractivity contribution is -0.385. The molecule has 2 aromatic rings. The molecule has 1 N–H and O–H groups in total. The normalized spacial score (nSPS) is 10.2. The molecule has 0 atom stereocenters. The van der Waals surface area contributed by atoms with Gasteiger partial charge in [0.15, 0.2) is 0 Å². The van der Waals surface area contributed by atoms with Crippen molar-refractivity contribution in [2.45, 2.75) is 13.8 Å². The monoisotopic (exact) mass is 397 g/mol. The van der Waals surface area contributed by atoms with E-state index in [1.165, 1.54) is 18.2 Å². The third-order valence-electron chi connectivity index (χ3n) is 2.93. The minimum Gasteiger partial charge on any atom is -0.306 e. The number of aryl methyl sites for hydroxylation is 2. The predicted molar refractivity (Wildman–Crippen MR) is 87.5 cm³/mol. The van der Waals surface area contributed by atoms with Gasteiger partial charge >= 0.3 is 0 Å². The molecule has 1 heterocycles. The molecule has 7 heteroatoms. The summed E-state index contributed by atoms with van der Waals surface area (Å²) < 4.78 is 0.981. The Labute approximate surface area is 134 Å². The molecular formula is C14H12IN3O3.